The van der Waals surface area contributed by atoms with Crippen molar-refractivity contribution < 1.29 is 18.1 Å². The zero-order valence-corrected chi connectivity index (χ0v) is 16.2. The van der Waals surface area contributed by atoms with Gasteiger partial charge in [-0.1, -0.05) is 6.92 Å². The van der Waals surface area contributed by atoms with Crippen LogP contribution in [0.1, 0.15) is 30.1 Å². The molecule has 2 aromatic rings. The fourth-order valence-electron chi connectivity index (χ4n) is 3.16. The molecule has 0 unspecified atom stereocenters. The zero-order valence-electron chi connectivity index (χ0n) is 15.4. The van der Waals surface area contributed by atoms with Gasteiger partial charge in [-0.3, -0.25) is 14.9 Å². The highest BCUT2D eigenvalue weighted by molar-refractivity contribution is 7.89. The van der Waals surface area contributed by atoms with E-state index >= 15 is 0 Å². The first kappa shape index (κ1) is 20.0. The summed E-state index contributed by atoms with van der Waals surface area (Å²) in [6, 6.07) is 11.2. The fraction of sp³-hybridized carbons (Fsp3) is 0.316. The van der Waals surface area contributed by atoms with Gasteiger partial charge in [-0.2, -0.15) is 4.31 Å². The van der Waals surface area contributed by atoms with E-state index in [2.05, 4.69) is 5.32 Å². The van der Waals surface area contributed by atoms with Gasteiger partial charge in [-0.25, -0.2) is 8.42 Å². The summed E-state index contributed by atoms with van der Waals surface area (Å²) in [7, 11) is -3.55. The molecule has 9 heteroatoms. The number of hydrogen-bond donors (Lipinski definition) is 1. The van der Waals surface area contributed by atoms with Crippen LogP contribution in [0.2, 0.25) is 0 Å². The van der Waals surface area contributed by atoms with E-state index in [1.807, 2.05) is 6.92 Å². The highest BCUT2D eigenvalue weighted by atomic mass is 32.2. The number of benzene rings is 2. The van der Waals surface area contributed by atoms with Crippen LogP contribution < -0.4 is 5.32 Å². The summed E-state index contributed by atoms with van der Waals surface area (Å²) < 4.78 is 27.0. The molecule has 0 spiro atoms. The molecular weight excluding hydrogens is 382 g/mol. The van der Waals surface area contributed by atoms with Gasteiger partial charge in [0.05, 0.1) is 9.82 Å². The lowest BCUT2D eigenvalue weighted by molar-refractivity contribution is -0.384. The number of hydrogen-bond acceptors (Lipinski definition) is 5. The number of piperidine rings is 1. The van der Waals surface area contributed by atoms with Crippen molar-refractivity contribution in [1.82, 2.24) is 4.31 Å². The Morgan fingerprint density at radius 1 is 1.14 bits per heavy atom. The van der Waals surface area contributed by atoms with Gasteiger partial charge < -0.3 is 5.32 Å². The van der Waals surface area contributed by atoms with E-state index in [1.165, 1.54) is 52.8 Å². The van der Waals surface area contributed by atoms with Crippen molar-refractivity contribution >= 4 is 27.3 Å². The number of sulfonamides is 1. The van der Waals surface area contributed by atoms with Crippen molar-refractivity contribution in [2.45, 2.75) is 24.7 Å². The molecule has 1 fully saturated rings. The molecule has 1 amide bonds. The van der Waals surface area contributed by atoms with Gasteiger partial charge in [0.1, 0.15) is 0 Å². The molecule has 0 aliphatic carbocycles. The van der Waals surface area contributed by atoms with E-state index in [-0.39, 0.29) is 16.1 Å². The van der Waals surface area contributed by atoms with Gasteiger partial charge in [0.25, 0.3) is 11.6 Å². The Labute approximate surface area is 163 Å². The van der Waals surface area contributed by atoms with Crippen molar-refractivity contribution in [3.8, 4) is 0 Å². The monoisotopic (exact) mass is 403 g/mol. The largest absolute Gasteiger partial charge is 0.322 e. The Kier molecular flexibility index (Phi) is 5.76. The Balaban J connectivity index is 1.70. The standard InChI is InChI=1S/C19H21N3O5S/c1-14-3-2-12-21(13-14)28(26,27)18-10-6-16(7-11-18)20-19(23)15-4-8-17(9-5-15)22(24)25/h4-11,14H,2-3,12-13H2,1H3,(H,20,23)/t14-/m0/s1. The maximum Gasteiger partial charge on any atom is 0.269 e. The molecule has 1 heterocycles. The molecule has 1 atom stereocenters. The molecule has 0 radical (unpaired) electrons. The molecular formula is C19H21N3O5S. The van der Waals surface area contributed by atoms with Crippen LogP contribution in [-0.4, -0.2) is 36.6 Å². The summed E-state index contributed by atoms with van der Waals surface area (Å²) in [4.78, 5) is 22.6. The van der Waals surface area contributed by atoms with Crippen LogP contribution in [0.3, 0.4) is 0 Å². The number of nitro benzene ring substituents is 1. The van der Waals surface area contributed by atoms with Gasteiger partial charge in [0.15, 0.2) is 0 Å². The second kappa shape index (κ2) is 8.07. The van der Waals surface area contributed by atoms with Gasteiger partial charge >= 0.3 is 0 Å². The van der Waals surface area contributed by atoms with Crippen LogP contribution in [-0.2, 0) is 10.0 Å². The second-order valence-electron chi connectivity index (χ2n) is 6.89. The average molecular weight is 403 g/mol. The third-order valence-corrected chi connectivity index (χ3v) is 6.59. The molecule has 3 rings (SSSR count). The van der Waals surface area contributed by atoms with Crippen LogP contribution in [0.15, 0.2) is 53.4 Å². The SMILES string of the molecule is C[C@H]1CCCN(S(=O)(=O)c2ccc(NC(=O)c3ccc([N+](=O)[O-])cc3)cc2)C1. The normalized spacial score (nSPS) is 17.8. The quantitative estimate of drug-likeness (QED) is 0.609. The summed E-state index contributed by atoms with van der Waals surface area (Å²) in [6.45, 7) is 3.07. The van der Waals surface area contributed by atoms with E-state index in [4.69, 9.17) is 0 Å². The summed E-state index contributed by atoms with van der Waals surface area (Å²) >= 11 is 0. The molecule has 28 heavy (non-hydrogen) atoms. The average Bonchev–Trinajstić information content (AvgIpc) is 2.68. The Hall–Kier alpha value is -2.78. The number of nitrogens with one attached hydrogen (secondary N) is 1. The predicted octanol–water partition coefficient (Wildman–Crippen LogP) is 3.27. The maximum absolute atomic E-state index is 12.8. The minimum atomic E-state index is -3.55. The van der Waals surface area contributed by atoms with Crippen LogP contribution in [0.4, 0.5) is 11.4 Å². The smallest absolute Gasteiger partial charge is 0.269 e. The number of amides is 1. The number of nitrogens with zero attached hydrogens (tertiary/aromatic N) is 2. The van der Waals surface area contributed by atoms with Crippen LogP contribution in [0.25, 0.3) is 0 Å². The number of anilines is 1. The van der Waals surface area contributed by atoms with E-state index in [9.17, 15) is 23.3 Å². The van der Waals surface area contributed by atoms with E-state index in [1.54, 1.807) is 0 Å². The lowest BCUT2D eigenvalue weighted by Gasteiger charge is -2.30. The molecule has 1 saturated heterocycles. The Bertz CT molecular complexity index is 972. The van der Waals surface area contributed by atoms with Crippen molar-refractivity contribution in [2.24, 2.45) is 5.92 Å². The molecule has 148 valence electrons. The third kappa shape index (κ3) is 4.37. The second-order valence-corrected chi connectivity index (χ2v) is 8.83. The van der Waals surface area contributed by atoms with Crippen LogP contribution in [0, 0.1) is 16.0 Å². The van der Waals surface area contributed by atoms with Crippen molar-refractivity contribution in [3.63, 3.8) is 0 Å². The molecule has 1 aliphatic heterocycles. The number of non-ortho nitro benzene ring substituents is 1. The lowest BCUT2D eigenvalue weighted by Crippen LogP contribution is -2.39. The minimum Gasteiger partial charge on any atom is -0.322 e. The van der Waals surface area contributed by atoms with Crippen LogP contribution in [0.5, 0.6) is 0 Å². The van der Waals surface area contributed by atoms with Gasteiger partial charge in [-0.15, -0.1) is 0 Å². The lowest BCUT2D eigenvalue weighted by atomic mass is 10.0. The van der Waals surface area contributed by atoms with Gasteiger partial charge in [0, 0.05) is 36.5 Å². The number of nitro groups is 1. The molecule has 2 aromatic carbocycles. The van der Waals surface area contributed by atoms with Crippen LogP contribution >= 0.6 is 0 Å². The Morgan fingerprint density at radius 3 is 2.36 bits per heavy atom. The van der Waals surface area contributed by atoms with Gasteiger partial charge in [-0.05, 0) is 55.2 Å². The Morgan fingerprint density at radius 2 is 1.79 bits per heavy atom. The first-order valence-electron chi connectivity index (χ1n) is 8.93. The molecule has 0 saturated carbocycles. The predicted molar refractivity (Wildman–Crippen MR) is 105 cm³/mol. The van der Waals surface area contributed by atoms with Crippen molar-refractivity contribution in [3.05, 3.63) is 64.2 Å². The molecule has 0 aromatic heterocycles. The highest BCUT2D eigenvalue weighted by Gasteiger charge is 2.28. The van der Waals surface area contributed by atoms with E-state index in [0.717, 1.165) is 12.8 Å². The van der Waals surface area contributed by atoms with Crippen molar-refractivity contribution in [1.29, 1.82) is 0 Å². The van der Waals surface area contributed by atoms with E-state index in [0.29, 0.717) is 24.7 Å². The summed E-state index contributed by atoms with van der Waals surface area (Å²) in [5, 5.41) is 13.3. The maximum atomic E-state index is 12.8. The van der Waals surface area contributed by atoms with Gasteiger partial charge in [0.2, 0.25) is 10.0 Å². The zero-order chi connectivity index (χ0) is 20.3. The first-order valence-corrected chi connectivity index (χ1v) is 10.4. The first-order chi connectivity index (χ1) is 13.3. The fourth-order valence-corrected chi connectivity index (χ4v) is 4.76. The topological polar surface area (TPSA) is 110 Å². The van der Waals surface area contributed by atoms with Crippen molar-refractivity contribution in [2.75, 3.05) is 18.4 Å². The number of rotatable bonds is 5. The van der Waals surface area contributed by atoms with E-state index < -0.39 is 20.9 Å². The molecule has 1 N–H and O–H groups in total. The molecule has 0 bridgehead atoms. The molecule has 8 nitrogen and oxygen atoms in total. The summed E-state index contributed by atoms with van der Waals surface area (Å²) in [6.07, 6.45) is 1.88. The third-order valence-electron chi connectivity index (χ3n) is 4.71. The minimum absolute atomic E-state index is 0.0989. The number of carbonyl (C=O) groups excluding carboxylic acids is 1. The molecule has 1 aliphatic rings. The summed E-state index contributed by atoms with van der Waals surface area (Å²) in [5.41, 5.74) is 0.608. The highest BCUT2D eigenvalue weighted by Crippen LogP contribution is 2.24. The summed E-state index contributed by atoms with van der Waals surface area (Å²) in [5.74, 6) is -0.0980. The number of carbonyl (C=O) groups is 1.